The van der Waals surface area contributed by atoms with Gasteiger partial charge in [0, 0.05) is 51.3 Å². The van der Waals surface area contributed by atoms with Crippen LogP contribution in [0.15, 0.2) is 42.9 Å². The van der Waals surface area contributed by atoms with Gasteiger partial charge in [0.15, 0.2) is 0 Å². The van der Waals surface area contributed by atoms with Crippen LogP contribution in [0.3, 0.4) is 0 Å². The number of anilines is 1. The summed E-state index contributed by atoms with van der Waals surface area (Å²) in [5, 5.41) is 8.85. The van der Waals surface area contributed by atoms with Crippen molar-refractivity contribution in [2.45, 2.75) is 25.4 Å². The van der Waals surface area contributed by atoms with Gasteiger partial charge in [-0.3, -0.25) is 9.88 Å². The Balaban J connectivity index is 1.54. The van der Waals surface area contributed by atoms with Crippen molar-refractivity contribution in [2.24, 2.45) is 0 Å². The molecule has 0 unspecified atom stereocenters. The first-order valence-corrected chi connectivity index (χ1v) is 7.96. The van der Waals surface area contributed by atoms with Gasteiger partial charge >= 0.3 is 0 Å². The van der Waals surface area contributed by atoms with Crippen LogP contribution in [0.4, 0.5) is 5.82 Å². The Morgan fingerprint density at radius 1 is 1.22 bits per heavy atom. The van der Waals surface area contributed by atoms with E-state index in [0.29, 0.717) is 11.6 Å². The number of hydrogen-bond donors (Lipinski definition) is 0. The van der Waals surface area contributed by atoms with Gasteiger partial charge in [-0.05, 0) is 42.7 Å². The van der Waals surface area contributed by atoms with E-state index in [1.807, 2.05) is 24.5 Å². The van der Waals surface area contributed by atoms with Gasteiger partial charge in [0.1, 0.15) is 11.9 Å². The monoisotopic (exact) mass is 307 g/mol. The van der Waals surface area contributed by atoms with Gasteiger partial charge in [0.05, 0.1) is 5.56 Å². The molecule has 5 heteroatoms. The molecule has 0 aliphatic carbocycles. The lowest BCUT2D eigenvalue weighted by atomic mass is 10.0. The van der Waals surface area contributed by atoms with Crippen LogP contribution < -0.4 is 4.90 Å². The first kappa shape index (κ1) is 15.4. The third-order valence-corrected chi connectivity index (χ3v) is 4.50. The van der Waals surface area contributed by atoms with Crippen molar-refractivity contribution in [2.75, 3.05) is 25.0 Å². The van der Waals surface area contributed by atoms with Crippen LogP contribution >= 0.6 is 0 Å². The average molecular weight is 307 g/mol. The summed E-state index contributed by atoms with van der Waals surface area (Å²) in [6.07, 6.45) is 7.61. The quantitative estimate of drug-likeness (QED) is 0.868. The standard InChI is InChI=1S/C18H21N5/c1-22(18-3-2-16(12-19)13-21-18)17-6-10-23(11-7-17)14-15-4-8-20-9-5-15/h2-5,8-9,13,17H,6-7,10-11,14H2,1H3. The van der Waals surface area contributed by atoms with E-state index >= 15 is 0 Å². The lowest BCUT2D eigenvalue weighted by Crippen LogP contribution is -2.43. The molecule has 1 aliphatic rings. The largest absolute Gasteiger partial charge is 0.357 e. The Hall–Kier alpha value is -2.45. The van der Waals surface area contributed by atoms with Gasteiger partial charge in [0.25, 0.3) is 0 Å². The highest BCUT2D eigenvalue weighted by atomic mass is 15.2. The lowest BCUT2D eigenvalue weighted by Gasteiger charge is -2.37. The molecule has 3 heterocycles. The van der Waals surface area contributed by atoms with Crippen LogP contribution in [0.2, 0.25) is 0 Å². The number of aromatic nitrogens is 2. The number of piperidine rings is 1. The first-order valence-electron chi connectivity index (χ1n) is 7.96. The molecule has 2 aromatic heterocycles. The molecule has 0 aromatic carbocycles. The van der Waals surface area contributed by atoms with Crippen molar-refractivity contribution >= 4 is 5.82 Å². The van der Waals surface area contributed by atoms with E-state index in [1.54, 1.807) is 6.20 Å². The highest BCUT2D eigenvalue weighted by Crippen LogP contribution is 2.21. The minimum Gasteiger partial charge on any atom is -0.357 e. The van der Waals surface area contributed by atoms with Crippen molar-refractivity contribution in [1.82, 2.24) is 14.9 Å². The zero-order chi connectivity index (χ0) is 16.1. The minimum atomic E-state index is 0.504. The van der Waals surface area contributed by atoms with Crippen molar-refractivity contribution in [3.05, 3.63) is 54.0 Å². The predicted molar refractivity (Wildman–Crippen MR) is 89.9 cm³/mol. The van der Waals surface area contributed by atoms with Crippen molar-refractivity contribution in [3.8, 4) is 6.07 Å². The van der Waals surface area contributed by atoms with Gasteiger partial charge in [-0.25, -0.2) is 4.98 Å². The molecule has 0 bridgehead atoms. The third-order valence-electron chi connectivity index (χ3n) is 4.50. The summed E-state index contributed by atoms with van der Waals surface area (Å²) in [7, 11) is 2.09. The Morgan fingerprint density at radius 2 is 1.96 bits per heavy atom. The van der Waals surface area contributed by atoms with Crippen LogP contribution in [0, 0.1) is 11.3 Å². The molecule has 0 atom stereocenters. The van der Waals surface area contributed by atoms with E-state index in [-0.39, 0.29) is 0 Å². The molecule has 2 aromatic rings. The van der Waals surface area contributed by atoms with E-state index in [1.165, 1.54) is 5.56 Å². The van der Waals surface area contributed by atoms with Gasteiger partial charge in [-0.2, -0.15) is 5.26 Å². The second-order valence-electron chi connectivity index (χ2n) is 5.99. The molecule has 0 radical (unpaired) electrons. The summed E-state index contributed by atoms with van der Waals surface area (Å²) in [6.45, 7) is 3.18. The molecular formula is C18H21N5. The number of nitrogens with zero attached hydrogens (tertiary/aromatic N) is 5. The first-order chi connectivity index (χ1) is 11.3. The summed E-state index contributed by atoms with van der Waals surface area (Å²) in [6, 6.07) is 10.5. The zero-order valence-electron chi connectivity index (χ0n) is 13.4. The Bertz CT molecular complexity index is 654. The van der Waals surface area contributed by atoms with Crippen LogP contribution in [-0.4, -0.2) is 41.0 Å². The van der Waals surface area contributed by atoms with Gasteiger partial charge in [-0.15, -0.1) is 0 Å². The van der Waals surface area contributed by atoms with Gasteiger partial charge in [-0.1, -0.05) is 0 Å². The molecule has 5 nitrogen and oxygen atoms in total. The van der Waals surface area contributed by atoms with Crippen molar-refractivity contribution < 1.29 is 0 Å². The molecule has 118 valence electrons. The lowest BCUT2D eigenvalue weighted by molar-refractivity contribution is 0.203. The van der Waals surface area contributed by atoms with Gasteiger partial charge < -0.3 is 4.90 Å². The number of hydrogen-bond acceptors (Lipinski definition) is 5. The van der Waals surface area contributed by atoms with Crippen LogP contribution in [0.1, 0.15) is 24.0 Å². The Labute approximate surface area is 137 Å². The third kappa shape index (κ3) is 3.85. The minimum absolute atomic E-state index is 0.504. The molecule has 0 saturated carbocycles. The van der Waals surface area contributed by atoms with E-state index in [9.17, 15) is 0 Å². The number of pyridine rings is 2. The molecule has 3 rings (SSSR count). The Morgan fingerprint density at radius 3 is 2.57 bits per heavy atom. The molecule has 1 fully saturated rings. The molecule has 23 heavy (non-hydrogen) atoms. The number of likely N-dealkylation sites (tertiary alicyclic amines) is 1. The summed E-state index contributed by atoms with van der Waals surface area (Å²) in [4.78, 5) is 13.2. The van der Waals surface area contributed by atoms with E-state index in [0.717, 1.165) is 38.3 Å². The number of nitriles is 1. The molecule has 0 amide bonds. The topological polar surface area (TPSA) is 56.1 Å². The van der Waals surface area contributed by atoms with E-state index in [4.69, 9.17) is 5.26 Å². The summed E-state index contributed by atoms with van der Waals surface area (Å²) >= 11 is 0. The maximum Gasteiger partial charge on any atom is 0.128 e. The highest BCUT2D eigenvalue weighted by Gasteiger charge is 2.23. The second kappa shape index (κ2) is 7.21. The van der Waals surface area contributed by atoms with Crippen LogP contribution in [0.5, 0.6) is 0 Å². The number of rotatable bonds is 4. The fourth-order valence-electron chi connectivity index (χ4n) is 3.06. The van der Waals surface area contributed by atoms with Crippen LogP contribution in [0.25, 0.3) is 0 Å². The summed E-state index contributed by atoms with van der Waals surface area (Å²) < 4.78 is 0. The summed E-state index contributed by atoms with van der Waals surface area (Å²) in [5.74, 6) is 0.941. The summed E-state index contributed by atoms with van der Waals surface area (Å²) in [5.41, 5.74) is 1.93. The highest BCUT2D eigenvalue weighted by molar-refractivity contribution is 5.42. The van der Waals surface area contributed by atoms with Crippen LogP contribution in [-0.2, 0) is 6.54 Å². The average Bonchev–Trinajstić information content (AvgIpc) is 2.63. The van der Waals surface area contributed by atoms with E-state index in [2.05, 4.69) is 45.0 Å². The maximum absolute atomic E-state index is 8.85. The molecular weight excluding hydrogens is 286 g/mol. The van der Waals surface area contributed by atoms with Crippen molar-refractivity contribution in [3.63, 3.8) is 0 Å². The maximum atomic E-state index is 8.85. The fraction of sp³-hybridized carbons (Fsp3) is 0.389. The second-order valence-corrected chi connectivity index (χ2v) is 5.99. The van der Waals surface area contributed by atoms with E-state index < -0.39 is 0 Å². The predicted octanol–water partition coefficient (Wildman–Crippen LogP) is 2.45. The molecule has 1 aliphatic heterocycles. The normalized spacial score (nSPS) is 16.0. The van der Waals surface area contributed by atoms with Crippen molar-refractivity contribution in [1.29, 1.82) is 5.26 Å². The van der Waals surface area contributed by atoms with Gasteiger partial charge in [0.2, 0.25) is 0 Å². The molecule has 0 N–H and O–H groups in total. The Kier molecular flexibility index (Phi) is 4.84. The molecule has 0 spiro atoms. The smallest absolute Gasteiger partial charge is 0.128 e. The zero-order valence-corrected chi connectivity index (χ0v) is 13.4. The molecule has 1 saturated heterocycles. The fourth-order valence-corrected chi connectivity index (χ4v) is 3.06. The SMILES string of the molecule is CN(c1ccc(C#N)cn1)C1CCN(Cc2ccncc2)CC1.